The molecule has 1 aromatic rings. The summed E-state index contributed by atoms with van der Waals surface area (Å²) < 4.78 is 0. The summed E-state index contributed by atoms with van der Waals surface area (Å²) in [6.07, 6.45) is 9.80. The summed E-state index contributed by atoms with van der Waals surface area (Å²) in [5.41, 5.74) is 2.12. The maximum Gasteiger partial charge on any atom is 1.00 e. The van der Waals surface area contributed by atoms with Gasteiger partial charge in [0.25, 0.3) is 0 Å². The van der Waals surface area contributed by atoms with Crippen molar-refractivity contribution in [1.82, 2.24) is 15.1 Å². The molecule has 1 N–H and O–H groups in total. The number of halogens is 1. The van der Waals surface area contributed by atoms with Crippen LogP contribution in [0.25, 0.3) is 0 Å². The summed E-state index contributed by atoms with van der Waals surface area (Å²) in [5.74, 6) is -0.246. The van der Waals surface area contributed by atoms with E-state index in [1.165, 1.54) is 11.0 Å². The van der Waals surface area contributed by atoms with Crippen LogP contribution in [0.5, 0.6) is 0 Å². The van der Waals surface area contributed by atoms with Crippen molar-refractivity contribution in [1.29, 1.82) is 0 Å². The number of amides is 1. The second kappa shape index (κ2) is 9.12. The van der Waals surface area contributed by atoms with Crippen LogP contribution in [-0.2, 0) is 4.79 Å². The summed E-state index contributed by atoms with van der Waals surface area (Å²) in [6.45, 7) is 9.63. The molecule has 2 aliphatic heterocycles. The SMILES string of the molecule is [CH-]=C1C=CC(N2CCNCC2)=CN1C(=O)C=[C-]c1cccc(Cl)c1.[Li+]. The summed E-state index contributed by atoms with van der Waals surface area (Å²) in [4.78, 5) is 16.1. The molecular formula is C19H18ClLiN3O-. The van der Waals surface area contributed by atoms with Crippen molar-refractivity contribution >= 4 is 17.5 Å². The van der Waals surface area contributed by atoms with Crippen LogP contribution in [0.15, 0.2) is 60.1 Å². The fourth-order valence-electron chi connectivity index (χ4n) is 2.59. The van der Waals surface area contributed by atoms with Gasteiger partial charge in [0.05, 0.1) is 0 Å². The zero-order valence-corrected chi connectivity index (χ0v) is 15.0. The minimum absolute atomic E-state index is 0. The Kier molecular flexibility index (Phi) is 7.16. The Morgan fingerprint density at radius 1 is 1.28 bits per heavy atom. The molecular weight excluding hydrogens is 329 g/mol. The van der Waals surface area contributed by atoms with E-state index in [2.05, 4.69) is 16.3 Å². The third kappa shape index (κ3) is 5.13. The summed E-state index contributed by atoms with van der Waals surface area (Å²) >= 11 is 5.93. The van der Waals surface area contributed by atoms with Crippen LogP contribution in [0.1, 0.15) is 5.56 Å². The molecule has 25 heavy (non-hydrogen) atoms. The van der Waals surface area contributed by atoms with Crippen molar-refractivity contribution in [3.8, 4) is 0 Å². The number of benzene rings is 1. The first-order chi connectivity index (χ1) is 11.6. The third-order valence-electron chi connectivity index (χ3n) is 3.87. The number of allylic oxidation sites excluding steroid dienone is 2. The van der Waals surface area contributed by atoms with Gasteiger partial charge in [-0.3, -0.25) is 6.58 Å². The van der Waals surface area contributed by atoms with E-state index in [1.807, 2.05) is 18.2 Å². The van der Waals surface area contributed by atoms with Gasteiger partial charge in [0.2, 0.25) is 0 Å². The van der Waals surface area contributed by atoms with Crippen molar-refractivity contribution < 1.29 is 23.7 Å². The largest absolute Gasteiger partial charge is 1.00 e. The molecule has 0 bridgehead atoms. The molecule has 6 heteroatoms. The van der Waals surface area contributed by atoms with Crippen LogP contribution >= 0.6 is 11.6 Å². The van der Waals surface area contributed by atoms with E-state index in [-0.39, 0.29) is 24.8 Å². The molecule has 0 saturated carbocycles. The third-order valence-corrected chi connectivity index (χ3v) is 4.11. The Balaban J connectivity index is 0.00000225. The monoisotopic (exact) mass is 346 g/mol. The van der Waals surface area contributed by atoms with Gasteiger partial charge in [-0.1, -0.05) is 23.7 Å². The van der Waals surface area contributed by atoms with Crippen molar-refractivity contribution in [2.24, 2.45) is 0 Å². The number of piperazine rings is 1. The van der Waals surface area contributed by atoms with Gasteiger partial charge in [-0.15, -0.1) is 41.6 Å². The van der Waals surface area contributed by atoms with E-state index in [9.17, 15) is 4.79 Å². The Bertz CT molecular complexity index is 736. The molecule has 0 aliphatic carbocycles. The predicted octanol–water partition coefficient (Wildman–Crippen LogP) is -0.487. The quantitative estimate of drug-likeness (QED) is 0.456. The minimum Gasteiger partial charge on any atom is -0.369 e. The Hall–Kier alpha value is -1.70. The number of nitrogens with one attached hydrogen (secondary N) is 1. The number of carbonyl (C=O) groups excluding carboxylic acids is 1. The molecule has 1 aromatic carbocycles. The van der Waals surface area contributed by atoms with E-state index >= 15 is 0 Å². The van der Waals surface area contributed by atoms with E-state index in [0.29, 0.717) is 10.7 Å². The second-order valence-corrected chi connectivity index (χ2v) is 5.99. The molecule has 0 atom stereocenters. The minimum atomic E-state index is -0.246. The molecule has 2 heterocycles. The van der Waals surface area contributed by atoms with Crippen molar-refractivity contribution in [3.05, 3.63) is 83.3 Å². The van der Waals surface area contributed by atoms with E-state index < -0.39 is 0 Å². The molecule has 2 aliphatic rings. The average Bonchev–Trinajstić information content (AvgIpc) is 2.61. The van der Waals surface area contributed by atoms with Gasteiger partial charge < -0.3 is 19.9 Å². The molecule has 0 radical (unpaired) electrons. The van der Waals surface area contributed by atoms with E-state index in [4.69, 9.17) is 18.2 Å². The molecule has 0 unspecified atom stereocenters. The second-order valence-electron chi connectivity index (χ2n) is 5.56. The van der Waals surface area contributed by atoms with Crippen LogP contribution in [0.3, 0.4) is 0 Å². The normalized spacial score (nSPS) is 17.5. The molecule has 0 spiro atoms. The molecule has 1 saturated heterocycles. The molecule has 1 fully saturated rings. The summed E-state index contributed by atoms with van der Waals surface area (Å²) in [6, 6.07) is 7.17. The molecule has 124 valence electrons. The van der Waals surface area contributed by atoms with E-state index in [0.717, 1.165) is 37.4 Å². The number of hydrogen-bond acceptors (Lipinski definition) is 3. The predicted molar refractivity (Wildman–Crippen MR) is 94.7 cm³/mol. The van der Waals surface area contributed by atoms with E-state index in [1.54, 1.807) is 24.4 Å². The standard InChI is InChI=1S/C19H18ClN3O.Li/c1-15-5-7-18(22-11-9-21-10-12-22)14-23(15)19(24)8-6-16-3-2-4-17(20)13-16;/h1-5,7-8,13-14,21H,9-12H2;/q-2;+1. The van der Waals surface area contributed by atoms with Crippen molar-refractivity contribution in [2.75, 3.05) is 26.2 Å². The number of carbonyl (C=O) groups is 1. The smallest absolute Gasteiger partial charge is 0.369 e. The topological polar surface area (TPSA) is 35.6 Å². The van der Waals surface area contributed by atoms with Gasteiger partial charge >= 0.3 is 18.9 Å². The summed E-state index contributed by atoms with van der Waals surface area (Å²) in [7, 11) is 0. The van der Waals surface area contributed by atoms with Gasteiger partial charge in [0.15, 0.2) is 5.91 Å². The molecule has 0 aromatic heterocycles. The maximum atomic E-state index is 12.5. The van der Waals surface area contributed by atoms with Gasteiger partial charge in [0.1, 0.15) is 0 Å². The fraction of sp³-hybridized carbons (Fsp3) is 0.211. The first-order valence-corrected chi connectivity index (χ1v) is 8.18. The summed E-state index contributed by atoms with van der Waals surface area (Å²) in [5, 5.41) is 3.91. The van der Waals surface area contributed by atoms with Crippen LogP contribution in [0.4, 0.5) is 0 Å². The Morgan fingerprint density at radius 3 is 2.76 bits per heavy atom. The van der Waals surface area contributed by atoms with Gasteiger partial charge in [-0.25, -0.2) is 0 Å². The zero-order valence-electron chi connectivity index (χ0n) is 14.2. The Morgan fingerprint density at radius 2 is 2.04 bits per heavy atom. The zero-order chi connectivity index (χ0) is 16.9. The number of rotatable bonds is 3. The molecule has 3 rings (SSSR count). The number of nitrogens with zero attached hydrogens (tertiary/aromatic N) is 2. The first-order valence-electron chi connectivity index (χ1n) is 7.80. The molecule has 4 nitrogen and oxygen atoms in total. The maximum absolute atomic E-state index is 12.5. The van der Waals surface area contributed by atoms with Crippen LogP contribution in [0, 0.1) is 12.7 Å². The van der Waals surface area contributed by atoms with Crippen molar-refractivity contribution in [2.45, 2.75) is 0 Å². The Labute approximate surface area is 165 Å². The van der Waals surface area contributed by atoms with Gasteiger partial charge in [-0.05, 0) is 5.02 Å². The molecule has 1 amide bonds. The van der Waals surface area contributed by atoms with Gasteiger partial charge in [-0.2, -0.15) is 6.08 Å². The first kappa shape index (κ1) is 19.6. The van der Waals surface area contributed by atoms with Crippen molar-refractivity contribution in [3.63, 3.8) is 0 Å². The van der Waals surface area contributed by atoms with Gasteiger partial charge in [0, 0.05) is 38.1 Å². The van der Waals surface area contributed by atoms with Crippen LogP contribution < -0.4 is 24.2 Å². The fourth-order valence-corrected chi connectivity index (χ4v) is 2.79. The van der Waals surface area contributed by atoms with Crippen LogP contribution in [0.2, 0.25) is 5.02 Å². The average molecular weight is 347 g/mol. The number of hydrogen-bond donors (Lipinski definition) is 1. The van der Waals surface area contributed by atoms with Crippen LogP contribution in [-0.4, -0.2) is 41.9 Å².